The highest BCUT2D eigenvalue weighted by Gasteiger charge is 2.10. The quantitative estimate of drug-likeness (QED) is 0.346. The van der Waals surface area contributed by atoms with Gasteiger partial charge in [0, 0.05) is 13.2 Å². The molecule has 0 spiro atoms. The number of nitrogens with zero attached hydrogens (tertiary/aromatic N) is 4. The van der Waals surface area contributed by atoms with Crippen molar-refractivity contribution in [3.05, 3.63) is 10.0 Å². The van der Waals surface area contributed by atoms with E-state index in [0.29, 0.717) is 13.2 Å². The summed E-state index contributed by atoms with van der Waals surface area (Å²) >= 11 is 3.13. The number of hydrogen-bond acceptors (Lipinski definition) is 10. The Morgan fingerprint density at radius 2 is 1.21 bits per heavy atom. The second kappa shape index (κ2) is 12.2. The maximum Gasteiger partial charge on any atom is 0.185 e. The van der Waals surface area contributed by atoms with E-state index in [9.17, 15) is 0 Å². The fourth-order valence-electron chi connectivity index (χ4n) is 1.54. The van der Waals surface area contributed by atoms with Gasteiger partial charge in [-0.25, -0.2) is 0 Å². The molecule has 0 amide bonds. The molecular formula is C14H22N4O2S4. The highest BCUT2D eigenvalue weighted by atomic mass is 33.1. The van der Waals surface area contributed by atoms with Crippen LogP contribution >= 0.6 is 44.3 Å². The molecule has 134 valence electrons. The number of rotatable bonds is 13. The minimum Gasteiger partial charge on any atom is -0.374 e. The molecule has 0 bridgehead atoms. The first-order valence-corrected chi connectivity index (χ1v) is 11.7. The first kappa shape index (κ1) is 20.1. The Labute approximate surface area is 158 Å². The van der Waals surface area contributed by atoms with Gasteiger partial charge in [-0.2, -0.15) is 0 Å². The van der Waals surface area contributed by atoms with E-state index in [1.807, 2.05) is 0 Å². The lowest BCUT2D eigenvalue weighted by Gasteiger charge is -1.98. The lowest BCUT2D eigenvalue weighted by atomic mass is 10.4. The molecule has 0 aliphatic rings. The molecule has 0 saturated heterocycles. The highest BCUT2D eigenvalue weighted by Crippen LogP contribution is 2.39. The largest absolute Gasteiger partial charge is 0.374 e. The number of aromatic nitrogens is 4. The van der Waals surface area contributed by atoms with Crippen molar-refractivity contribution in [2.24, 2.45) is 0 Å². The lowest BCUT2D eigenvalue weighted by Crippen LogP contribution is -1.94. The molecule has 10 heteroatoms. The van der Waals surface area contributed by atoms with E-state index in [4.69, 9.17) is 9.47 Å². The van der Waals surface area contributed by atoms with Gasteiger partial charge in [-0.05, 0) is 34.4 Å². The highest BCUT2D eigenvalue weighted by molar-refractivity contribution is 8.77. The van der Waals surface area contributed by atoms with Crippen molar-refractivity contribution in [1.29, 1.82) is 0 Å². The zero-order valence-corrected chi connectivity index (χ0v) is 17.2. The molecule has 0 saturated carbocycles. The molecule has 2 heterocycles. The Kier molecular flexibility index (Phi) is 10.2. The van der Waals surface area contributed by atoms with Crippen molar-refractivity contribution in [3.63, 3.8) is 0 Å². The summed E-state index contributed by atoms with van der Waals surface area (Å²) in [6.45, 7) is 6.94. The molecular weight excluding hydrogens is 384 g/mol. The van der Waals surface area contributed by atoms with Gasteiger partial charge in [0.05, 0.1) is 0 Å². The van der Waals surface area contributed by atoms with E-state index in [1.54, 1.807) is 44.3 Å². The van der Waals surface area contributed by atoms with Crippen LogP contribution in [0.1, 0.15) is 49.5 Å². The zero-order valence-electron chi connectivity index (χ0n) is 13.9. The zero-order chi connectivity index (χ0) is 17.0. The molecule has 0 aliphatic heterocycles. The summed E-state index contributed by atoms with van der Waals surface area (Å²) in [5.74, 6) is 0. The minimum absolute atomic E-state index is 0.543. The molecule has 0 aliphatic carbocycles. The van der Waals surface area contributed by atoms with Crippen molar-refractivity contribution in [1.82, 2.24) is 20.4 Å². The van der Waals surface area contributed by atoms with Gasteiger partial charge >= 0.3 is 0 Å². The van der Waals surface area contributed by atoms with E-state index in [0.717, 1.165) is 57.6 Å². The maximum atomic E-state index is 5.55. The normalized spacial score (nSPS) is 11.2. The van der Waals surface area contributed by atoms with Gasteiger partial charge in [0.2, 0.25) is 0 Å². The van der Waals surface area contributed by atoms with Crippen molar-refractivity contribution in [2.75, 3.05) is 13.2 Å². The minimum atomic E-state index is 0.543. The van der Waals surface area contributed by atoms with Crippen LogP contribution in [0.3, 0.4) is 0 Å². The first-order valence-electron chi connectivity index (χ1n) is 7.96. The van der Waals surface area contributed by atoms with Crippen LogP contribution in [0.2, 0.25) is 0 Å². The van der Waals surface area contributed by atoms with Crippen LogP contribution < -0.4 is 0 Å². The average molecular weight is 407 g/mol. The standard InChI is InChI=1S/C14H22N4O2S4/c1-3-5-7-19-9-11-15-17-13(21-11)23-24-14-18-16-12(22-14)10-20-8-6-4-2/h3-10H2,1-2H3. The number of unbranched alkanes of at least 4 members (excludes halogenated alkanes) is 2. The fourth-order valence-corrected chi connectivity index (χ4v) is 5.55. The second-order valence-electron chi connectivity index (χ2n) is 4.90. The van der Waals surface area contributed by atoms with E-state index in [2.05, 4.69) is 34.2 Å². The van der Waals surface area contributed by atoms with Crippen molar-refractivity contribution < 1.29 is 9.47 Å². The average Bonchev–Trinajstić information content (AvgIpc) is 3.23. The van der Waals surface area contributed by atoms with Gasteiger partial charge in [-0.3, -0.25) is 0 Å². The maximum absolute atomic E-state index is 5.55. The molecule has 0 radical (unpaired) electrons. The van der Waals surface area contributed by atoms with Crippen LogP contribution in [0, 0.1) is 0 Å². The summed E-state index contributed by atoms with van der Waals surface area (Å²) in [5, 5.41) is 18.5. The first-order chi connectivity index (χ1) is 11.8. The van der Waals surface area contributed by atoms with Gasteiger partial charge in [-0.1, -0.05) is 49.4 Å². The van der Waals surface area contributed by atoms with E-state index in [-0.39, 0.29) is 0 Å². The summed E-state index contributed by atoms with van der Waals surface area (Å²) < 4.78 is 12.9. The molecule has 2 aromatic heterocycles. The predicted octanol–water partition coefficient (Wildman–Crippen LogP) is 4.82. The van der Waals surface area contributed by atoms with E-state index in [1.165, 1.54) is 0 Å². The van der Waals surface area contributed by atoms with Crippen LogP contribution in [0.4, 0.5) is 0 Å². The van der Waals surface area contributed by atoms with Gasteiger partial charge in [0.1, 0.15) is 23.2 Å². The smallest absolute Gasteiger partial charge is 0.185 e. The van der Waals surface area contributed by atoms with Gasteiger partial charge in [0.15, 0.2) is 8.68 Å². The van der Waals surface area contributed by atoms with E-state index < -0.39 is 0 Å². The van der Waals surface area contributed by atoms with Crippen LogP contribution in [0.5, 0.6) is 0 Å². The topological polar surface area (TPSA) is 70.0 Å². The van der Waals surface area contributed by atoms with Crippen molar-refractivity contribution >= 4 is 44.3 Å². The van der Waals surface area contributed by atoms with Crippen molar-refractivity contribution in [3.8, 4) is 0 Å². The predicted molar refractivity (Wildman–Crippen MR) is 101 cm³/mol. The molecule has 0 N–H and O–H groups in total. The Hall–Kier alpha value is -0.260. The van der Waals surface area contributed by atoms with Crippen LogP contribution in [-0.2, 0) is 22.7 Å². The summed E-state index contributed by atoms with van der Waals surface area (Å²) in [6, 6.07) is 0. The Bertz CT molecular complexity index is 528. The molecule has 0 fully saturated rings. The summed E-state index contributed by atoms with van der Waals surface area (Å²) in [4.78, 5) is 0. The summed E-state index contributed by atoms with van der Waals surface area (Å²) in [6.07, 6.45) is 4.44. The monoisotopic (exact) mass is 406 g/mol. The molecule has 6 nitrogen and oxygen atoms in total. The van der Waals surface area contributed by atoms with Crippen LogP contribution in [0.25, 0.3) is 0 Å². The Morgan fingerprint density at radius 3 is 1.62 bits per heavy atom. The van der Waals surface area contributed by atoms with Crippen molar-refractivity contribution in [2.45, 2.75) is 61.4 Å². The third-order valence-corrected chi connectivity index (χ3v) is 7.56. The molecule has 2 rings (SSSR count). The molecule has 0 unspecified atom stereocenters. The second-order valence-corrected chi connectivity index (χ2v) is 9.65. The SMILES string of the molecule is CCCCOCc1nnc(SSc2nnc(COCCCC)s2)s1. The third kappa shape index (κ3) is 7.75. The molecule has 24 heavy (non-hydrogen) atoms. The lowest BCUT2D eigenvalue weighted by molar-refractivity contribution is 0.117. The number of hydrogen-bond donors (Lipinski definition) is 0. The fraction of sp³-hybridized carbons (Fsp3) is 0.714. The van der Waals surface area contributed by atoms with Gasteiger partial charge in [-0.15, -0.1) is 20.4 Å². The Balaban J connectivity index is 1.68. The molecule has 2 aromatic rings. The molecule has 0 aromatic carbocycles. The van der Waals surface area contributed by atoms with E-state index >= 15 is 0 Å². The summed E-state index contributed by atoms with van der Waals surface area (Å²) in [7, 11) is 3.11. The summed E-state index contributed by atoms with van der Waals surface area (Å²) in [5.41, 5.74) is 0. The number of ether oxygens (including phenoxy) is 2. The van der Waals surface area contributed by atoms with Crippen LogP contribution in [0.15, 0.2) is 8.68 Å². The Morgan fingerprint density at radius 1 is 0.750 bits per heavy atom. The molecule has 0 atom stereocenters. The van der Waals surface area contributed by atoms with Crippen LogP contribution in [-0.4, -0.2) is 33.6 Å². The van der Waals surface area contributed by atoms with Gasteiger partial charge < -0.3 is 9.47 Å². The van der Waals surface area contributed by atoms with Gasteiger partial charge in [0.25, 0.3) is 0 Å². The third-order valence-electron chi connectivity index (χ3n) is 2.82.